The van der Waals surface area contributed by atoms with Gasteiger partial charge in [0.2, 0.25) is 15.9 Å². The van der Waals surface area contributed by atoms with Crippen molar-refractivity contribution in [2.24, 2.45) is 0 Å². The van der Waals surface area contributed by atoms with E-state index in [-0.39, 0.29) is 18.5 Å². The Morgan fingerprint density at radius 1 is 1.38 bits per heavy atom. The predicted octanol–water partition coefficient (Wildman–Crippen LogP) is 1.16. The van der Waals surface area contributed by atoms with Crippen LogP contribution in [0.3, 0.4) is 0 Å². The van der Waals surface area contributed by atoms with Crippen molar-refractivity contribution in [3.05, 3.63) is 48.3 Å². The molecule has 24 heavy (non-hydrogen) atoms. The van der Waals surface area contributed by atoms with E-state index < -0.39 is 10.0 Å². The first-order valence-electron chi connectivity index (χ1n) is 7.57. The van der Waals surface area contributed by atoms with Crippen LogP contribution >= 0.6 is 0 Å². The topological polar surface area (TPSA) is 84.3 Å². The van der Waals surface area contributed by atoms with Gasteiger partial charge in [-0.15, -0.1) is 0 Å². The van der Waals surface area contributed by atoms with E-state index in [2.05, 4.69) is 10.4 Å². The molecule has 130 valence electrons. The number of amides is 1. The van der Waals surface area contributed by atoms with Gasteiger partial charge in [0.25, 0.3) is 0 Å². The van der Waals surface area contributed by atoms with Crippen LogP contribution in [0.4, 0.5) is 5.69 Å². The van der Waals surface area contributed by atoms with Gasteiger partial charge < -0.3 is 5.32 Å². The number of carbonyl (C=O) groups excluding carboxylic acids is 1. The van der Waals surface area contributed by atoms with E-state index in [9.17, 15) is 13.2 Å². The summed E-state index contributed by atoms with van der Waals surface area (Å²) in [6, 6.07) is 8.68. The molecule has 1 heterocycles. The molecule has 1 amide bonds. The van der Waals surface area contributed by atoms with E-state index in [0.29, 0.717) is 12.2 Å². The fraction of sp³-hybridized carbons (Fsp3) is 0.375. The largest absolute Gasteiger partial charge is 0.350 e. The van der Waals surface area contributed by atoms with Crippen molar-refractivity contribution < 1.29 is 13.2 Å². The van der Waals surface area contributed by atoms with Gasteiger partial charge in [-0.1, -0.05) is 12.1 Å². The maximum atomic E-state index is 12.3. The van der Waals surface area contributed by atoms with Gasteiger partial charge in [0.1, 0.15) is 6.54 Å². The lowest BCUT2D eigenvalue weighted by Crippen LogP contribution is -2.44. The number of aryl methyl sites for hydroxylation is 1. The van der Waals surface area contributed by atoms with E-state index in [0.717, 1.165) is 16.1 Å². The number of nitrogens with one attached hydrogen (secondary N) is 1. The molecule has 2 rings (SSSR count). The molecule has 0 saturated carbocycles. The van der Waals surface area contributed by atoms with Crippen molar-refractivity contribution >= 4 is 21.6 Å². The Balaban J connectivity index is 2.05. The molecule has 1 N–H and O–H groups in total. The Morgan fingerprint density at radius 2 is 2.12 bits per heavy atom. The third-order valence-electron chi connectivity index (χ3n) is 3.40. The summed E-state index contributed by atoms with van der Waals surface area (Å²) in [7, 11) is -3.56. The molecule has 8 heteroatoms. The number of aromatic nitrogens is 2. The number of benzene rings is 1. The molecule has 0 radical (unpaired) electrons. The van der Waals surface area contributed by atoms with Crippen molar-refractivity contribution in [1.29, 1.82) is 0 Å². The van der Waals surface area contributed by atoms with Crippen molar-refractivity contribution in [1.82, 2.24) is 15.1 Å². The van der Waals surface area contributed by atoms with Gasteiger partial charge in [0.15, 0.2) is 0 Å². The maximum absolute atomic E-state index is 12.3. The molecule has 1 aromatic carbocycles. The minimum Gasteiger partial charge on any atom is -0.350 e. The van der Waals surface area contributed by atoms with Crippen molar-refractivity contribution in [3.8, 4) is 0 Å². The number of rotatable bonds is 7. The highest BCUT2D eigenvalue weighted by molar-refractivity contribution is 7.92. The van der Waals surface area contributed by atoms with Gasteiger partial charge in [0, 0.05) is 18.4 Å². The third kappa shape index (κ3) is 5.09. The van der Waals surface area contributed by atoms with Gasteiger partial charge in [-0.2, -0.15) is 5.10 Å². The highest BCUT2D eigenvalue weighted by Crippen LogP contribution is 2.18. The quantitative estimate of drug-likeness (QED) is 0.812. The third-order valence-corrected chi connectivity index (χ3v) is 4.55. The molecule has 0 spiro atoms. The zero-order chi connectivity index (χ0) is 17.7. The van der Waals surface area contributed by atoms with Crippen LogP contribution in [0.1, 0.15) is 12.5 Å². The number of hydrogen-bond donors (Lipinski definition) is 1. The zero-order valence-corrected chi connectivity index (χ0v) is 14.8. The molecule has 0 aliphatic rings. The summed E-state index contributed by atoms with van der Waals surface area (Å²) in [6.07, 6.45) is 4.56. The zero-order valence-electron chi connectivity index (χ0n) is 14.0. The molecule has 1 atom stereocenters. The monoisotopic (exact) mass is 350 g/mol. The standard InChI is InChI=1S/C16H22N4O3S/c1-13-6-4-7-15(10-13)20(24(3,22)23)12-16(21)18-14(2)11-19-9-5-8-17-19/h4-10,14H,11-12H2,1-3H3,(H,18,21)/t14-/m1/s1. The first kappa shape index (κ1) is 18.0. The van der Waals surface area contributed by atoms with Crippen LogP contribution in [0, 0.1) is 6.92 Å². The summed E-state index contributed by atoms with van der Waals surface area (Å²) >= 11 is 0. The summed E-state index contributed by atoms with van der Waals surface area (Å²) < 4.78 is 26.9. The molecule has 1 aromatic heterocycles. The Hall–Kier alpha value is -2.35. The van der Waals surface area contributed by atoms with Crippen LogP contribution in [-0.2, 0) is 21.4 Å². The molecule has 0 aliphatic heterocycles. The normalized spacial score (nSPS) is 12.6. The number of carbonyl (C=O) groups is 1. The van der Waals surface area contributed by atoms with Crippen LogP contribution in [-0.4, -0.2) is 42.9 Å². The Morgan fingerprint density at radius 3 is 2.71 bits per heavy atom. The van der Waals surface area contributed by atoms with Crippen molar-refractivity contribution in [3.63, 3.8) is 0 Å². The van der Waals surface area contributed by atoms with E-state index in [1.807, 2.05) is 19.9 Å². The lowest BCUT2D eigenvalue weighted by Gasteiger charge is -2.23. The molecule has 7 nitrogen and oxygen atoms in total. The van der Waals surface area contributed by atoms with E-state index in [4.69, 9.17) is 0 Å². The summed E-state index contributed by atoms with van der Waals surface area (Å²) in [6.45, 7) is 3.97. The molecule has 0 aliphatic carbocycles. The second kappa shape index (κ2) is 7.48. The first-order valence-corrected chi connectivity index (χ1v) is 9.41. The second-order valence-corrected chi connectivity index (χ2v) is 7.71. The molecule has 0 bridgehead atoms. The molecule has 0 saturated heterocycles. The lowest BCUT2D eigenvalue weighted by atomic mass is 10.2. The highest BCUT2D eigenvalue weighted by Gasteiger charge is 2.21. The number of sulfonamides is 1. The average molecular weight is 350 g/mol. The molecule has 2 aromatic rings. The highest BCUT2D eigenvalue weighted by atomic mass is 32.2. The van der Waals surface area contributed by atoms with Crippen LogP contribution in [0.2, 0.25) is 0 Å². The van der Waals surface area contributed by atoms with Gasteiger partial charge in [-0.25, -0.2) is 8.42 Å². The maximum Gasteiger partial charge on any atom is 0.241 e. The Labute approximate surface area is 142 Å². The van der Waals surface area contributed by atoms with Crippen LogP contribution in [0.25, 0.3) is 0 Å². The second-order valence-electron chi connectivity index (χ2n) is 5.81. The van der Waals surface area contributed by atoms with Crippen LogP contribution in [0.15, 0.2) is 42.7 Å². The van der Waals surface area contributed by atoms with Gasteiger partial charge in [0.05, 0.1) is 18.5 Å². The van der Waals surface area contributed by atoms with Gasteiger partial charge in [-0.05, 0) is 37.6 Å². The fourth-order valence-electron chi connectivity index (χ4n) is 2.37. The van der Waals surface area contributed by atoms with Crippen LogP contribution < -0.4 is 9.62 Å². The summed E-state index contributed by atoms with van der Waals surface area (Å²) in [5, 5.41) is 6.88. The average Bonchev–Trinajstić information content (AvgIpc) is 2.96. The van der Waals surface area contributed by atoms with Crippen molar-refractivity contribution in [2.75, 3.05) is 17.1 Å². The minimum atomic E-state index is -3.56. The molecule has 0 fully saturated rings. The summed E-state index contributed by atoms with van der Waals surface area (Å²) in [4.78, 5) is 12.3. The predicted molar refractivity (Wildman–Crippen MR) is 93.2 cm³/mol. The van der Waals surface area contributed by atoms with E-state index in [1.165, 1.54) is 0 Å². The van der Waals surface area contributed by atoms with E-state index >= 15 is 0 Å². The van der Waals surface area contributed by atoms with Gasteiger partial charge >= 0.3 is 0 Å². The Kier molecular flexibility index (Phi) is 5.61. The smallest absolute Gasteiger partial charge is 0.241 e. The summed E-state index contributed by atoms with van der Waals surface area (Å²) in [5.41, 5.74) is 1.40. The molecular formula is C16H22N4O3S. The van der Waals surface area contributed by atoms with E-state index in [1.54, 1.807) is 41.3 Å². The fourth-order valence-corrected chi connectivity index (χ4v) is 3.22. The SMILES string of the molecule is Cc1cccc(N(CC(=O)N[C@H](C)Cn2cccn2)S(C)(=O)=O)c1. The van der Waals surface area contributed by atoms with Crippen molar-refractivity contribution in [2.45, 2.75) is 26.4 Å². The molecular weight excluding hydrogens is 328 g/mol. The van der Waals surface area contributed by atoms with Gasteiger partial charge in [-0.3, -0.25) is 13.8 Å². The number of hydrogen-bond acceptors (Lipinski definition) is 4. The minimum absolute atomic E-state index is 0.170. The van der Waals surface area contributed by atoms with Crippen LogP contribution in [0.5, 0.6) is 0 Å². The molecule has 0 unspecified atom stereocenters. The lowest BCUT2D eigenvalue weighted by molar-refractivity contribution is -0.120. The Bertz CT molecular complexity index is 787. The first-order chi connectivity index (χ1) is 11.3. The number of nitrogens with zero attached hydrogens (tertiary/aromatic N) is 3. The summed E-state index contributed by atoms with van der Waals surface area (Å²) in [5.74, 6) is -0.360. The number of anilines is 1.